The Bertz CT molecular complexity index is 996. The molecule has 0 atom stereocenters. The molecule has 2 aromatic carbocycles. The van der Waals surface area contributed by atoms with Gasteiger partial charge in [0.05, 0.1) is 7.11 Å². The summed E-state index contributed by atoms with van der Waals surface area (Å²) < 4.78 is 25.6. The van der Waals surface area contributed by atoms with Gasteiger partial charge in [-0.15, -0.1) is 10.2 Å². The predicted molar refractivity (Wildman–Crippen MR) is 91.4 cm³/mol. The first-order valence-electron chi connectivity index (χ1n) is 7.47. The Balaban J connectivity index is 1.54. The van der Waals surface area contributed by atoms with E-state index in [-0.39, 0.29) is 5.82 Å². The lowest BCUT2D eigenvalue weighted by molar-refractivity contribution is 0.303. The molecule has 126 valence electrons. The maximum absolute atomic E-state index is 13.1. The Morgan fingerprint density at radius 1 is 1.00 bits per heavy atom. The van der Waals surface area contributed by atoms with E-state index in [4.69, 9.17) is 9.47 Å². The molecule has 0 unspecified atom stereocenters. The minimum atomic E-state index is -0.295. The first-order valence-corrected chi connectivity index (χ1v) is 8.28. The van der Waals surface area contributed by atoms with Crippen LogP contribution in [0.2, 0.25) is 0 Å². The van der Waals surface area contributed by atoms with Crippen LogP contribution in [-0.4, -0.2) is 26.9 Å². The van der Waals surface area contributed by atoms with Gasteiger partial charge in [-0.05, 0) is 48.5 Å². The molecule has 2 heterocycles. The van der Waals surface area contributed by atoms with Crippen LogP contribution in [0.3, 0.4) is 0 Å². The molecule has 2 aromatic heterocycles. The van der Waals surface area contributed by atoms with E-state index in [9.17, 15) is 4.39 Å². The molecular formula is C17H13FN4O2S. The summed E-state index contributed by atoms with van der Waals surface area (Å²) in [6.45, 7) is 0.323. The molecule has 6 nitrogen and oxygen atoms in total. The number of fused-ring (bicyclic) bond motifs is 1. The highest BCUT2D eigenvalue weighted by Gasteiger charge is 2.13. The van der Waals surface area contributed by atoms with Gasteiger partial charge in [-0.2, -0.15) is 9.61 Å². The van der Waals surface area contributed by atoms with Crippen molar-refractivity contribution in [3.8, 4) is 22.9 Å². The second kappa shape index (κ2) is 6.48. The average molecular weight is 356 g/mol. The van der Waals surface area contributed by atoms with Gasteiger partial charge < -0.3 is 9.47 Å². The molecule has 0 amide bonds. The lowest BCUT2D eigenvalue weighted by Gasteiger charge is -2.04. The normalized spacial score (nSPS) is 11.0. The number of hydrogen-bond donors (Lipinski definition) is 0. The van der Waals surface area contributed by atoms with Crippen LogP contribution < -0.4 is 9.47 Å². The van der Waals surface area contributed by atoms with Crippen molar-refractivity contribution in [2.75, 3.05) is 7.11 Å². The van der Waals surface area contributed by atoms with Crippen molar-refractivity contribution in [3.63, 3.8) is 0 Å². The molecule has 0 aliphatic carbocycles. The molecule has 0 bridgehead atoms. The zero-order chi connectivity index (χ0) is 17.2. The third-order valence-electron chi connectivity index (χ3n) is 3.56. The highest BCUT2D eigenvalue weighted by Crippen LogP contribution is 2.23. The standard InChI is InChI=1S/C17H13FN4O2S/c1-23-13-6-8-14(9-7-13)24-10-15-21-22-16(19-20-17(22)25-15)11-2-4-12(18)5-3-11/h2-9H,10H2,1H3. The molecule has 0 saturated carbocycles. The smallest absolute Gasteiger partial charge is 0.235 e. The largest absolute Gasteiger partial charge is 0.497 e. The number of rotatable bonds is 5. The first kappa shape index (κ1) is 15.5. The number of methoxy groups -OCH3 is 1. The Kier molecular flexibility index (Phi) is 4.02. The fraction of sp³-hybridized carbons (Fsp3) is 0.118. The lowest BCUT2D eigenvalue weighted by atomic mass is 10.2. The predicted octanol–water partition coefficient (Wildman–Crippen LogP) is 3.58. The molecule has 0 saturated heterocycles. The minimum absolute atomic E-state index is 0.295. The van der Waals surface area contributed by atoms with Crippen LogP contribution >= 0.6 is 11.3 Å². The van der Waals surface area contributed by atoms with Gasteiger partial charge in [0.15, 0.2) is 10.8 Å². The molecule has 4 rings (SSSR count). The van der Waals surface area contributed by atoms with E-state index >= 15 is 0 Å². The third kappa shape index (κ3) is 3.16. The zero-order valence-corrected chi connectivity index (χ0v) is 14.0. The summed E-state index contributed by atoms with van der Waals surface area (Å²) in [6.07, 6.45) is 0. The minimum Gasteiger partial charge on any atom is -0.497 e. The van der Waals surface area contributed by atoms with Crippen LogP contribution in [0.25, 0.3) is 16.3 Å². The molecule has 0 aliphatic rings. The highest BCUT2D eigenvalue weighted by atomic mass is 32.1. The van der Waals surface area contributed by atoms with Crippen molar-refractivity contribution < 1.29 is 13.9 Å². The number of halogens is 1. The van der Waals surface area contributed by atoms with Gasteiger partial charge in [-0.25, -0.2) is 4.39 Å². The summed E-state index contributed by atoms with van der Waals surface area (Å²) in [7, 11) is 1.62. The van der Waals surface area contributed by atoms with Crippen molar-refractivity contribution in [1.29, 1.82) is 0 Å². The summed E-state index contributed by atoms with van der Waals surface area (Å²) in [5.74, 6) is 1.78. The van der Waals surface area contributed by atoms with Crippen LogP contribution in [0.15, 0.2) is 48.5 Å². The molecule has 0 aliphatic heterocycles. The lowest BCUT2D eigenvalue weighted by Crippen LogP contribution is -1.97. The Morgan fingerprint density at radius 3 is 2.44 bits per heavy atom. The molecule has 8 heteroatoms. The van der Waals surface area contributed by atoms with Gasteiger partial charge >= 0.3 is 0 Å². The Labute approximate surface area is 146 Å². The fourth-order valence-electron chi connectivity index (χ4n) is 2.31. The average Bonchev–Trinajstić information content (AvgIpc) is 3.21. The molecule has 0 spiro atoms. The van der Waals surface area contributed by atoms with Crippen LogP contribution in [0, 0.1) is 5.82 Å². The first-order chi connectivity index (χ1) is 12.2. The van der Waals surface area contributed by atoms with E-state index in [0.717, 1.165) is 22.1 Å². The van der Waals surface area contributed by atoms with Crippen LogP contribution in [0.4, 0.5) is 4.39 Å². The summed E-state index contributed by atoms with van der Waals surface area (Å²) in [4.78, 5) is 0.660. The van der Waals surface area contributed by atoms with Gasteiger partial charge in [0.2, 0.25) is 4.96 Å². The van der Waals surface area contributed by atoms with E-state index < -0.39 is 0 Å². The van der Waals surface area contributed by atoms with Crippen molar-refractivity contribution in [2.45, 2.75) is 6.61 Å². The van der Waals surface area contributed by atoms with Gasteiger partial charge in [0.25, 0.3) is 0 Å². The van der Waals surface area contributed by atoms with Crippen LogP contribution in [0.1, 0.15) is 5.01 Å². The second-order valence-corrected chi connectivity index (χ2v) is 6.23. The monoisotopic (exact) mass is 356 g/mol. The quantitative estimate of drug-likeness (QED) is 0.547. The third-order valence-corrected chi connectivity index (χ3v) is 4.43. The maximum atomic E-state index is 13.1. The summed E-state index contributed by atoms with van der Waals surface area (Å²) in [5.41, 5.74) is 0.752. The topological polar surface area (TPSA) is 61.5 Å². The van der Waals surface area contributed by atoms with E-state index in [1.54, 1.807) is 23.8 Å². The van der Waals surface area contributed by atoms with Gasteiger partial charge in [-0.1, -0.05) is 11.3 Å². The Morgan fingerprint density at radius 2 is 1.72 bits per heavy atom. The Hall–Kier alpha value is -3.00. The van der Waals surface area contributed by atoms with Crippen molar-refractivity contribution in [1.82, 2.24) is 19.8 Å². The fourth-order valence-corrected chi connectivity index (χ4v) is 3.06. The SMILES string of the molecule is COc1ccc(OCc2nn3c(-c4ccc(F)cc4)nnc3s2)cc1. The number of nitrogens with zero attached hydrogens (tertiary/aromatic N) is 4. The van der Waals surface area contributed by atoms with Crippen molar-refractivity contribution >= 4 is 16.3 Å². The van der Waals surface area contributed by atoms with Crippen LogP contribution in [-0.2, 0) is 6.61 Å². The number of aromatic nitrogens is 4. The number of benzene rings is 2. The van der Waals surface area contributed by atoms with Crippen molar-refractivity contribution in [3.05, 3.63) is 59.4 Å². The maximum Gasteiger partial charge on any atom is 0.235 e. The van der Waals surface area contributed by atoms with E-state index in [1.807, 2.05) is 24.3 Å². The van der Waals surface area contributed by atoms with Gasteiger partial charge in [-0.3, -0.25) is 0 Å². The number of hydrogen-bond acceptors (Lipinski definition) is 6. The molecule has 0 radical (unpaired) electrons. The van der Waals surface area contributed by atoms with Crippen molar-refractivity contribution in [2.24, 2.45) is 0 Å². The van der Waals surface area contributed by atoms with E-state index in [2.05, 4.69) is 15.3 Å². The molecule has 0 N–H and O–H groups in total. The molecule has 0 fully saturated rings. The highest BCUT2D eigenvalue weighted by molar-refractivity contribution is 7.16. The van der Waals surface area contributed by atoms with E-state index in [1.165, 1.54) is 23.5 Å². The van der Waals surface area contributed by atoms with E-state index in [0.29, 0.717) is 17.4 Å². The second-order valence-electron chi connectivity index (χ2n) is 5.18. The molecule has 25 heavy (non-hydrogen) atoms. The van der Waals surface area contributed by atoms with Gasteiger partial charge in [0.1, 0.15) is 23.9 Å². The van der Waals surface area contributed by atoms with Gasteiger partial charge in [0, 0.05) is 5.56 Å². The van der Waals surface area contributed by atoms with Crippen LogP contribution in [0.5, 0.6) is 11.5 Å². The molecule has 4 aromatic rings. The summed E-state index contributed by atoms with van der Waals surface area (Å²) >= 11 is 1.40. The zero-order valence-electron chi connectivity index (χ0n) is 13.2. The summed E-state index contributed by atoms with van der Waals surface area (Å²) in [6, 6.07) is 13.4. The summed E-state index contributed by atoms with van der Waals surface area (Å²) in [5, 5.41) is 13.5. The number of ether oxygens (including phenoxy) is 2. The molecular weight excluding hydrogens is 343 g/mol.